The number of hydrogen-bond donors (Lipinski definition) is 1. The molecule has 9 heteroatoms. The van der Waals surface area contributed by atoms with Gasteiger partial charge in [0.2, 0.25) is 5.91 Å². The molecule has 0 spiro atoms. The van der Waals surface area contributed by atoms with Crippen LogP contribution in [0, 0.1) is 0 Å². The number of aromatic nitrogens is 1. The molecule has 0 saturated heterocycles. The molecule has 4 rings (SSSR count). The van der Waals surface area contributed by atoms with E-state index >= 15 is 0 Å². The number of nitrogens with zero attached hydrogens (tertiary/aromatic N) is 3. The number of thiazole rings is 1. The van der Waals surface area contributed by atoms with E-state index in [4.69, 9.17) is 9.47 Å². The third-order valence-electron chi connectivity index (χ3n) is 5.02. The minimum Gasteiger partial charge on any atom is -0.495 e. The average Bonchev–Trinajstić information content (AvgIpc) is 3.46. The van der Waals surface area contributed by atoms with E-state index < -0.39 is 5.97 Å². The molecule has 8 nitrogen and oxygen atoms in total. The van der Waals surface area contributed by atoms with Gasteiger partial charge in [-0.3, -0.25) is 9.80 Å². The molecule has 0 aliphatic carbocycles. The highest BCUT2D eigenvalue weighted by Gasteiger charge is 2.15. The van der Waals surface area contributed by atoms with Crippen molar-refractivity contribution >= 4 is 40.3 Å². The number of anilines is 2. The molecule has 1 aliphatic rings. The van der Waals surface area contributed by atoms with Gasteiger partial charge >= 0.3 is 5.97 Å². The van der Waals surface area contributed by atoms with Gasteiger partial charge in [0.25, 0.3) is 0 Å². The number of hydrogen-bond acceptors (Lipinski definition) is 8. The number of ether oxygens (including phenoxy) is 2. The van der Waals surface area contributed by atoms with Crippen LogP contribution in [0.1, 0.15) is 34.4 Å². The third kappa shape index (κ3) is 5.75. The summed E-state index contributed by atoms with van der Waals surface area (Å²) in [5, 5.41) is 11.6. The summed E-state index contributed by atoms with van der Waals surface area (Å²) in [4.78, 5) is 29.1. The Balaban J connectivity index is 1.28. The molecule has 2 heterocycles. The van der Waals surface area contributed by atoms with Gasteiger partial charge < -0.3 is 14.8 Å². The second-order valence-electron chi connectivity index (χ2n) is 7.49. The van der Waals surface area contributed by atoms with Crippen molar-refractivity contribution in [2.45, 2.75) is 26.4 Å². The number of para-hydroxylation sites is 2. The first-order valence-corrected chi connectivity index (χ1v) is 11.3. The molecule has 0 saturated carbocycles. The number of carbonyl (C=O) groups is 2. The second kappa shape index (κ2) is 10.3. The van der Waals surface area contributed by atoms with E-state index in [0.717, 1.165) is 24.4 Å². The molecule has 2 aromatic carbocycles. The van der Waals surface area contributed by atoms with Gasteiger partial charge in [0.15, 0.2) is 0 Å². The van der Waals surface area contributed by atoms with E-state index in [1.54, 1.807) is 36.8 Å². The maximum atomic E-state index is 12.4. The van der Waals surface area contributed by atoms with Gasteiger partial charge in [-0.15, -0.1) is 11.3 Å². The standard InChI is InChI=1S/C24H24N4O4S/c1-16-11-12-28(27-16)19-9-7-17(8-10-19)24(30)32-14-18-15-33-23(25-18)13-22(29)26-20-5-3-4-6-21(20)31-2/h3-10,15H,11-14H2,1-2H3,(H,26,29). The van der Waals surface area contributed by atoms with Crippen molar-refractivity contribution in [1.82, 2.24) is 4.98 Å². The first-order chi connectivity index (χ1) is 16.0. The van der Waals surface area contributed by atoms with Gasteiger partial charge in [-0.1, -0.05) is 12.1 Å². The van der Waals surface area contributed by atoms with Crippen molar-refractivity contribution in [1.29, 1.82) is 0 Å². The minimum atomic E-state index is -0.425. The Morgan fingerprint density at radius 2 is 1.94 bits per heavy atom. The van der Waals surface area contributed by atoms with Crippen LogP contribution in [-0.2, 0) is 22.6 Å². The van der Waals surface area contributed by atoms with Crippen LogP contribution in [0.5, 0.6) is 5.75 Å². The van der Waals surface area contributed by atoms with Crippen molar-refractivity contribution in [3.05, 3.63) is 70.2 Å². The maximum absolute atomic E-state index is 12.4. The number of methoxy groups -OCH3 is 1. The molecular weight excluding hydrogens is 440 g/mol. The fraction of sp³-hybridized carbons (Fsp3) is 0.250. The quantitative estimate of drug-likeness (QED) is 0.500. The van der Waals surface area contributed by atoms with Gasteiger partial charge in [0.05, 0.1) is 36.2 Å². The fourth-order valence-corrected chi connectivity index (χ4v) is 4.11. The van der Waals surface area contributed by atoms with Gasteiger partial charge in [-0.2, -0.15) is 5.10 Å². The van der Waals surface area contributed by atoms with Gasteiger partial charge in [0, 0.05) is 24.1 Å². The Morgan fingerprint density at radius 3 is 2.67 bits per heavy atom. The minimum absolute atomic E-state index is 0.0425. The molecule has 1 amide bonds. The van der Waals surface area contributed by atoms with E-state index in [9.17, 15) is 9.59 Å². The number of esters is 1. The van der Waals surface area contributed by atoms with Gasteiger partial charge in [-0.05, 0) is 43.3 Å². The van der Waals surface area contributed by atoms with Crippen molar-refractivity contribution in [2.75, 3.05) is 24.0 Å². The molecule has 3 aromatic rings. The largest absolute Gasteiger partial charge is 0.495 e. The molecule has 170 valence electrons. The molecule has 1 aliphatic heterocycles. The second-order valence-corrected chi connectivity index (χ2v) is 8.43. The average molecular weight is 465 g/mol. The van der Waals surface area contributed by atoms with Crippen molar-refractivity contribution < 1.29 is 19.1 Å². The summed E-state index contributed by atoms with van der Waals surface area (Å²) in [6.45, 7) is 2.89. The normalized spacial score (nSPS) is 12.9. The van der Waals surface area contributed by atoms with Crippen LogP contribution in [0.25, 0.3) is 0 Å². The summed E-state index contributed by atoms with van der Waals surface area (Å²) in [5.41, 5.74) is 3.71. The Hall–Kier alpha value is -3.72. The molecule has 0 atom stereocenters. The van der Waals surface area contributed by atoms with Crippen LogP contribution in [0.15, 0.2) is 59.0 Å². The lowest BCUT2D eigenvalue weighted by atomic mass is 10.2. The summed E-state index contributed by atoms with van der Waals surface area (Å²) in [5.74, 6) is -0.0324. The van der Waals surface area contributed by atoms with Crippen LogP contribution < -0.4 is 15.1 Å². The van der Waals surface area contributed by atoms with Crippen LogP contribution in [-0.4, -0.2) is 36.2 Å². The smallest absolute Gasteiger partial charge is 0.338 e. The summed E-state index contributed by atoms with van der Waals surface area (Å²) in [6, 6.07) is 14.4. The molecule has 1 aromatic heterocycles. The number of amides is 1. The molecule has 1 N–H and O–H groups in total. The summed E-state index contributed by atoms with van der Waals surface area (Å²) >= 11 is 1.35. The van der Waals surface area contributed by atoms with E-state index in [-0.39, 0.29) is 18.9 Å². The lowest BCUT2D eigenvalue weighted by Crippen LogP contribution is -2.15. The molecule has 0 radical (unpaired) electrons. The third-order valence-corrected chi connectivity index (χ3v) is 5.92. The van der Waals surface area contributed by atoms with E-state index in [1.807, 2.05) is 36.2 Å². The van der Waals surface area contributed by atoms with Crippen LogP contribution in [0.2, 0.25) is 0 Å². The van der Waals surface area contributed by atoms with Crippen molar-refractivity contribution in [3.63, 3.8) is 0 Å². The van der Waals surface area contributed by atoms with Gasteiger partial charge in [-0.25, -0.2) is 9.78 Å². The zero-order chi connectivity index (χ0) is 23.2. The maximum Gasteiger partial charge on any atom is 0.338 e. The molecular formula is C24H24N4O4S. The van der Waals surface area contributed by atoms with Crippen molar-refractivity contribution in [2.24, 2.45) is 5.10 Å². The molecule has 0 bridgehead atoms. The first-order valence-electron chi connectivity index (χ1n) is 10.5. The highest BCUT2D eigenvalue weighted by atomic mass is 32.1. The van der Waals surface area contributed by atoms with Crippen LogP contribution in [0.3, 0.4) is 0 Å². The summed E-state index contributed by atoms with van der Waals surface area (Å²) in [7, 11) is 1.55. The predicted octanol–water partition coefficient (Wildman–Crippen LogP) is 4.28. The Labute approximate surface area is 195 Å². The summed E-state index contributed by atoms with van der Waals surface area (Å²) in [6.07, 6.45) is 1.07. The number of rotatable bonds is 8. The van der Waals surface area contributed by atoms with E-state index in [1.165, 1.54) is 11.3 Å². The van der Waals surface area contributed by atoms with Crippen LogP contribution >= 0.6 is 11.3 Å². The number of hydrazone groups is 1. The number of carbonyl (C=O) groups excluding carboxylic acids is 2. The van der Waals surface area contributed by atoms with Crippen molar-refractivity contribution in [3.8, 4) is 5.75 Å². The molecule has 33 heavy (non-hydrogen) atoms. The lowest BCUT2D eigenvalue weighted by molar-refractivity contribution is -0.115. The topological polar surface area (TPSA) is 93.1 Å². The Morgan fingerprint density at radius 1 is 1.15 bits per heavy atom. The van der Waals surface area contributed by atoms with Crippen LogP contribution in [0.4, 0.5) is 11.4 Å². The van der Waals surface area contributed by atoms with E-state index in [2.05, 4.69) is 15.4 Å². The zero-order valence-corrected chi connectivity index (χ0v) is 19.2. The first kappa shape index (κ1) is 22.5. The fourth-order valence-electron chi connectivity index (χ4n) is 3.33. The highest BCUT2D eigenvalue weighted by molar-refractivity contribution is 7.09. The zero-order valence-electron chi connectivity index (χ0n) is 18.4. The Bertz CT molecular complexity index is 1170. The summed E-state index contributed by atoms with van der Waals surface area (Å²) < 4.78 is 10.6. The lowest BCUT2D eigenvalue weighted by Gasteiger charge is -2.13. The predicted molar refractivity (Wildman–Crippen MR) is 128 cm³/mol. The Kier molecular flexibility index (Phi) is 6.99. The van der Waals surface area contributed by atoms with Gasteiger partial charge in [0.1, 0.15) is 17.4 Å². The molecule has 0 fully saturated rings. The highest BCUT2D eigenvalue weighted by Crippen LogP contribution is 2.24. The number of nitrogens with one attached hydrogen (secondary N) is 1. The SMILES string of the molecule is COc1ccccc1NC(=O)Cc1nc(COC(=O)c2ccc(N3CCC(C)=N3)cc2)cs1. The monoisotopic (exact) mass is 464 g/mol. The number of benzene rings is 2. The van der Waals surface area contributed by atoms with E-state index in [0.29, 0.717) is 27.7 Å². The molecule has 0 unspecified atom stereocenters.